The first-order valence-electron chi connectivity index (χ1n) is 9.60. The Labute approximate surface area is 157 Å². The summed E-state index contributed by atoms with van der Waals surface area (Å²) in [7, 11) is 0. The van der Waals surface area contributed by atoms with Gasteiger partial charge in [0.15, 0.2) is 0 Å². The van der Waals surface area contributed by atoms with Gasteiger partial charge in [-0.3, -0.25) is 9.59 Å². The second kappa shape index (κ2) is 8.11. The predicted molar refractivity (Wildman–Crippen MR) is 106 cm³/mol. The van der Waals surface area contributed by atoms with Gasteiger partial charge in [0.25, 0.3) is 0 Å². The fourth-order valence-corrected chi connectivity index (χ4v) is 3.23. The summed E-state index contributed by atoms with van der Waals surface area (Å²) in [6.07, 6.45) is 0.852. The second-order valence-electron chi connectivity index (χ2n) is 7.91. The maximum Gasteiger partial charge on any atom is 0.237 e. The zero-order chi connectivity index (χ0) is 19.5. The van der Waals surface area contributed by atoms with Gasteiger partial charge in [-0.25, -0.2) is 0 Å². The Morgan fingerprint density at radius 3 is 2.35 bits per heavy atom. The van der Waals surface area contributed by atoms with Gasteiger partial charge in [-0.15, -0.1) is 0 Å². The third-order valence-electron chi connectivity index (χ3n) is 5.58. The standard InChI is InChI=1S/C21H33N3O2/c1-7-16(3)22-19(25)21(5,6)20(26)24-13-11-23(12-14-24)18-10-8-9-15(2)17(18)4/h8-10,16H,7,11-14H2,1-6H3,(H,22,25). The van der Waals surface area contributed by atoms with Crippen LogP contribution in [0.4, 0.5) is 5.69 Å². The Balaban J connectivity index is 2.01. The second-order valence-corrected chi connectivity index (χ2v) is 7.91. The molecule has 1 aromatic rings. The van der Waals surface area contributed by atoms with Crippen molar-refractivity contribution < 1.29 is 9.59 Å². The van der Waals surface area contributed by atoms with Crippen LogP contribution in [0.3, 0.4) is 0 Å². The predicted octanol–water partition coefficient (Wildman–Crippen LogP) is 2.89. The molecular weight excluding hydrogens is 326 g/mol. The van der Waals surface area contributed by atoms with Gasteiger partial charge in [0.05, 0.1) is 0 Å². The molecule has 1 fully saturated rings. The van der Waals surface area contributed by atoms with Crippen LogP contribution in [0.2, 0.25) is 0 Å². The highest BCUT2D eigenvalue weighted by molar-refractivity contribution is 6.04. The van der Waals surface area contributed by atoms with E-state index in [1.54, 1.807) is 13.8 Å². The number of carbonyl (C=O) groups is 2. The Morgan fingerprint density at radius 2 is 1.77 bits per heavy atom. The third-order valence-corrected chi connectivity index (χ3v) is 5.58. The summed E-state index contributed by atoms with van der Waals surface area (Å²) in [4.78, 5) is 29.6. The molecule has 0 saturated carbocycles. The van der Waals surface area contributed by atoms with E-state index in [9.17, 15) is 9.59 Å². The van der Waals surface area contributed by atoms with E-state index in [2.05, 4.69) is 42.3 Å². The molecule has 0 bridgehead atoms. The Kier molecular flexibility index (Phi) is 6.32. The summed E-state index contributed by atoms with van der Waals surface area (Å²) in [5, 5.41) is 2.94. The van der Waals surface area contributed by atoms with Gasteiger partial charge in [-0.1, -0.05) is 19.1 Å². The SMILES string of the molecule is CCC(C)NC(=O)C(C)(C)C(=O)N1CCN(c2cccc(C)c2C)CC1. The zero-order valence-electron chi connectivity index (χ0n) is 17.1. The molecule has 1 unspecified atom stereocenters. The molecule has 5 nitrogen and oxygen atoms in total. The molecule has 1 saturated heterocycles. The van der Waals surface area contributed by atoms with E-state index in [-0.39, 0.29) is 17.9 Å². The smallest absolute Gasteiger partial charge is 0.237 e. The lowest BCUT2D eigenvalue weighted by molar-refractivity contribution is -0.149. The zero-order valence-corrected chi connectivity index (χ0v) is 17.1. The lowest BCUT2D eigenvalue weighted by Crippen LogP contribution is -2.56. The van der Waals surface area contributed by atoms with Crippen molar-refractivity contribution >= 4 is 17.5 Å². The van der Waals surface area contributed by atoms with Crippen LogP contribution in [0.25, 0.3) is 0 Å². The van der Waals surface area contributed by atoms with Crippen LogP contribution < -0.4 is 10.2 Å². The van der Waals surface area contributed by atoms with Crippen LogP contribution in [0.1, 0.15) is 45.2 Å². The first-order valence-corrected chi connectivity index (χ1v) is 9.60. The van der Waals surface area contributed by atoms with E-state index in [1.165, 1.54) is 16.8 Å². The third kappa shape index (κ3) is 4.19. The molecule has 0 aromatic heterocycles. The summed E-state index contributed by atoms with van der Waals surface area (Å²) in [5.74, 6) is -0.271. The van der Waals surface area contributed by atoms with E-state index in [4.69, 9.17) is 0 Å². The molecule has 5 heteroatoms. The molecule has 0 aliphatic carbocycles. The molecule has 1 N–H and O–H groups in total. The highest BCUT2D eigenvalue weighted by Gasteiger charge is 2.40. The number of nitrogens with one attached hydrogen (secondary N) is 1. The van der Waals surface area contributed by atoms with E-state index in [1.807, 2.05) is 18.7 Å². The van der Waals surface area contributed by atoms with Crippen molar-refractivity contribution in [1.82, 2.24) is 10.2 Å². The summed E-state index contributed by atoms with van der Waals surface area (Å²) in [6.45, 7) is 14.6. The maximum atomic E-state index is 12.9. The molecule has 1 aliphatic heterocycles. The number of piperazine rings is 1. The first kappa shape index (κ1) is 20.3. The highest BCUT2D eigenvalue weighted by atomic mass is 16.2. The van der Waals surface area contributed by atoms with Gasteiger partial charge in [-0.05, 0) is 58.2 Å². The number of carbonyl (C=O) groups excluding carboxylic acids is 2. The molecule has 0 radical (unpaired) electrons. The molecule has 2 amide bonds. The Morgan fingerprint density at radius 1 is 1.15 bits per heavy atom. The minimum Gasteiger partial charge on any atom is -0.368 e. The minimum atomic E-state index is -1.04. The Bertz CT molecular complexity index is 661. The number of benzene rings is 1. The maximum absolute atomic E-state index is 12.9. The fraction of sp³-hybridized carbons (Fsp3) is 0.619. The van der Waals surface area contributed by atoms with E-state index < -0.39 is 5.41 Å². The first-order chi connectivity index (χ1) is 12.2. The van der Waals surface area contributed by atoms with Gasteiger partial charge < -0.3 is 15.1 Å². The number of rotatable bonds is 5. The number of aryl methyl sites for hydroxylation is 1. The molecule has 144 valence electrons. The van der Waals surface area contributed by atoms with Crippen LogP contribution >= 0.6 is 0 Å². The van der Waals surface area contributed by atoms with Gasteiger partial charge in [0.2, 0.25) is 11.8 Å². The largest absolute Gasteiger partial charge is 0.368 e. The topological polar surface area (TPSA) is 52.7 Å². The van der Waals surface area contributed by atoms with Crippen molar-refractivity contribution in [2.45, 2.75) is 54.0 Å². The van der Waals surface area contributed by atoms with Crippen molar-refractivity contribution in [2.24, 2.45) is 5.41 Å². The molecule has 1 heterocycles. The molecular formula is C21H33N3O2. The van der Waals surface area contributed by atoms with Crippen LogP contribution in [0, 0.1) is 19.3 Å². The van der Waals surface area contributed by atoms with Gasteiger partial charge >= 0.3 is 0 Å². The quantitative estimate of drug-likeness (QED) is 0.823. The van der Waals surface area contributed by atoms with Crippen molar-refractivity contribution in [3.63, 3.8) is 0 Å². The minimum absolute atomic E-state index is 0.0794. The summed E-state index contributed by atoms with van der Waals surface area (Å²) in [6, 6.07) is 6.42. The van der Waals surface area contributed by atoms with Gasteiger partial charge in [-0.2, -0.15) is 0 Å². The number of hydrogen-bond donors (Lipinski definition) is 1. The van der Waals surface area contributed by atoms with Crippen molar-refractivity contribution in [2.75, 3.05) is 31.1 Å². The summed E-state index contributed by atoms with van der Waals surface area (Å²) < 4.78 is 0. The summed E-state index contributed by atoms with van der Waals surface area (Å²) >= 11 is 0. The highest BCUT2D eigenvalue weighted by Crippen LogP contribution is 2.26. The molecule has 0 spiro atoms. The normalized spacial score (nSPS) is 16.4. The van der Waals surface area contributed by atoms with Gasteiger partial charge in [0.1, 0.15) is 5.41 Å². The van der Waals surface area contributed by atoms with Crippen LogP contribution in [0.15, 0.2) is 18.2 Å². The number of nitrogens with zero attached hydrogens (tertiary/aromatic N) is 2. The summed E-state index contributed by atoms with van der Waals surface area (Å²) in [5.41, 5.74) is 2.78. The molecule has 26 heavy (non-hydrogen) atoms. The van der Waals surface area contributed by atoms with E-state index in [0.29, 0.717) is 13.1 Å². The van der Waals surface area contributed by atoms with E-state index >= 15 is 0 Å². The lowest BCUT2D eigenvalue weighted by Gasteiger charge is -2.39. The van der Waals surface area contributed by atoms with Crippen LogP contribution in [0.5, 0.6) is 0 Å². The van der Waals surface area contributed by atoms with Crippen molar-refractivity contribution in [3.8, 4) is 0 Å². The monoisotopic (exact) mass is 359 g/mol. The number of amides is 2. The molecule has 1 aromatic carbocycles. The van der Waals surface area contributed by atoms with E-state index in [0.717, 1.165) is 19.5 Å². The number of anilines is 1. The average Bonchev–Trinajstić information content (AvgIpc) is 2.63. The van der Waals surface area contributed by atoms with Gasteiger partial charge in [0, 0.05) is 37.9 Å². The Hall–Kier alpha value is -2.04. The average molecular weight is 360 g/mol. The fourth-order valence-electron chi connectivity index (χ4n) is 3.23. The van der Waals surface area contributed by atoms with Crippen LogP contribution in [-0.4, -0.2) is 48.9 Å². The molecule has 1 aliphatic rings. The lowest BCUT2D eigenvalue weighted by atomic mass is 9.89. The molecule has 2 rings (SSSR count). The van der Waals surface area contributed by atoms with Crippen molar-refractivity contribution in [3.05, 3.63) is 29.3 Å². The number of hydrogen-bond acceptors (Lipinski definition) is 3. The molecule has 1 atom stereocenters. The van der Waals surface area contributed by atoms with Crippen molar-refractivity contribution in [1.29, 1.82) is 0 Å². The van der Waals surface area contributed by atoms with Crippen LogP contribution in [-0.2, 0) is 9.59 Å².